The van der Waals surface area contributed by atoms with Gasteiger partial charge >= 0.3 is 0 Å². The van der Waals surface area contributed by atoms with Gasteiger partial charge in [0.2, 0.25) is 5.91 Å². The Morgan fingerprint density at radius 1 is 1.17 bits per heavy atom. The maximum Gasteiger partial charge on any atom is 0.248 e. The molecule has 1 aromatic carbocycles. The maximum atomic E-state index is 12.1. The van der Waals surface area contributed by atoms with Gasteiger partial charge in [0.05, 0.1) is 12.7 Å². The summed E-state index contributed by atoms with van der Waals surface area (Å²) in [5, 5.41) is 12.0. The highest BCUT2D eigenvalue weighted by Gasteiger charge is 2.20. The molecule has 1 fully saturated rings. The van der Waals surface area contributed by atoms with E-state index in [0.29, 0.717) is 6.54 Å². The van der Waals surface area contributed by atoms with Crippen molar-refractivity contribution in [1.29, 1.82) is 0 Å². The Morgan fingerprint density at radius 2 is 1.78 bits per heavy atom. The van der Waals surface area contributed by atoms with Crippen LogP contribution >= 0.6 is 0 Å². The number of benzene rings is 1. The quantitative estimate of drug-likeness (QED) is 0.760. The van der Waals surface area contributed by atoms with Crippen molar-refractivity contribution < 1.29 is 14.6 Å². The van der Waals surface area contributed by atoms with Crippen molar-refractivity contribution >= 4 is 5.91 Å². The van der Waals surface area contributed by atoms with Crippen LogP contribution in [0.5, 0.6) is 0 Å². The van der Waals surface area contributed by atoms with E-state index in [1.165, 1.54) is 25.7 Å². The summed E-state index contributed by atoms with van der Waals surface area (Å²) < 4.78 is 5.93. The molecule has 0 aliphatic heterocycles. The molecule has 4 heteroatoms. The maximum absolute atomic E-state index is 12.1. The molecule has 0 heterocycles. The van der Waals surface area contributed by atoms with Crippen molar-refractivity contribution in [2.24, 2.45) is 0 Å². The lowest BCUT2D eigenvalue weighted by molar-refractivity contribution is -0.135. The summed E-state index contributed by atoms with van der Waals surface area (Å²) in [6, 6.07) is 7.80. The van der Waals surface area contributed by atoms with Crippen molar-refractivity contribution in [3.8, 4) is 0 Å². The van der Waals surface area contributed by atoms with Crippen molar-refractivity contribution in [2.75, 3.05) is 6.54 Å². The highest BCUT2D eigenvalue weighted by atomic mass is 16.5. The highest BCUT2D eigenvalue weighted by molar-refractivity contribution is 5.80. The summed E-state index contributed by atoms with van der Waals surface area (Å²) in [6.45, 7) is 2.51. The van der Waals surface area contributed by atoms with Gasteiger partial charge in [-0.1, -0.05) is 49.9 Å². The molecular weight excluding hydrogens is 290 g/mol. The van der Waals surface area contributed by atoms with Gasteiger partial charge in [-0.2, -0.15) is 0 Å². The van der Waals surface area contributed by atoms with Crippen molar-refractivity contribution in [2.45, 2.75) is 70.7 Å². The predicted molar refractivity (Wildman–Crippen MR) is 91.1 cm³/mol. The lowest BCUT2D eigenvalue weighted by Crippen LogP contribution is -2.37. The van der Waals surface area contributed by atoms with Crippen LogP contribution in [0.15, 0.2) is 24.3 Å². The molecule has 1 unspecified atom stereocenters. The zero-order valence-corrected chi connectivity index (χ0v) is 14.1. The van der Waals surface area contributed by atoms with Crippen LogP contribution in [0.25, 0.3) is 0 Å². The Hall–Kier alpha value is -1.39. The first-order valence-electron chi connectivity index (χ1n) is 8.81. The number of amides is 1. The summed E-state index contributed by atoms with van der Waals surface area (Å²) in [5.41, 5.74) is 2.06. The molecular formula is C19H29NO3. The Bertz CT molecular complexity index is 464. The molecule has 2 rings (SSSR count). The van der Waals surface area contributed by atoms with Crippen molar-refractivity contribution in [3.05, 3.63) is 35.4 Å². The molecule has 2 N–H and O–H groups in total. The van der Waals surface area contributed by atoms with Gasteiger partial charge < -0.3 is 15.2 Å². The van der Waals surface area contributed by atoms with Crippen LogP contribution in [0.2, 0.25) is 0 Å². The molecule has 1 aliphatic rings. The second-order valence-electron chi connectivity index (χ2n) is 6.41. The van der Waals surface area contributed by atoms with E-state index in [1.54, 1.807) is 0 Å². The van der Waals surface area contributed by atoms with E-state index in [4.69, 9.17) is 9.84 Å². The molecule has 0 bridgehead atoms. The number of hydrogen-bond donors (Lipinski definition) is 2. The van der Waals surface area contributed by atoms with E-state index in [1.807, 2.05) is 31.2 Å². The summed E-state index contributed by atoms with van der Waals surface area (Å²) in [5.74, 6) is -0.0266. The van der Waals surface area contributed by atoms with Crippen molar-refractivity contribution in [1.82, 2.24) is 5.32 Å². The minimum atomic E-state index is -0.380. The fraction of sp³-hybridized carbons (Fsp3) is 0.632. The molecule has 128 valence electrons. The zero-order chi connectivity index (χ0) is 16.5. The Kier molecular flexibility index (Phi) is 7.56. The molecule has 23 heavy (non-hydrogen) atoms. The van der Waals surface area contributed by atoms with Gasteiger partial charge in [0.1, 0.15) is 6.10 Å². The fourth-order valence-corrected chi connectivity index (χ4v) is 3.01. The average Bonchev–Trinajstić information content (AvgIpc) is 2.84. The van der Waals surface area contributed by atoms with Crippen LogP contribution in [-0.2, 0) is 22.6 Å². The van der Waals surface area contributed by atoms with Crippen LogP contribution in [0.1, 0.15) is 56.6 Å². The fourth-order valence-electron chi connectivity index (χ4n) is 3.01. The summed E-state index contributed by atoms with van der Waals surface area (Å²) in [7, 11) is 0. The number of rotatable bonds is 7. The first kappa shape index (κ1) is 18.0. The largest absolute Gasteiger partial charge is 0.392 e. The van der Waals surface area contributed by atoms with E-state index in [-0.39, 0.29) is 24.7 Å². The summed E-state index contributed by atoms with van der Waals surface area (Å²) in [6.07, 6.45) is 7.80. The van der Waals surface area contributed by atoms with Gasteiger partial charge in [0.15, 0.2) is 0 Å². The van der Waals surface area contributed by atoms with E-state index in [2.05, 4.69) is 5.32 Å². The molecule has 1 saturated carbocycles. The second kappa shape index (κ2) is 9.68. The SMILES string of the molecule is CC(OC1CCCCCC1)C(=O)NCCc1ccc(CO)cc1. The molecule has 1 aliphatic carbocycles. The van der Waals surface area contributed by atoms with Gasteiger partial charge in [-0.15, -0.1) is 0 Å². The minimum Gasteiger partial charge on any atom is -0.392 e. The van der Waals surface area contributed by atoms with Gasteiger partial charge in [0, 0.05) is 6.54 Å². The lowest BCUT2D eigenvalue weighted by Gasteiger charge is -2.20. The van der Waals surface area contributed by atoms with Crippen LogP contribution < -0.4 is 5.32 Å². The van der Waals surface area contributed by atoms with Gasteiger partial charge in [-0.3, -0.25) is 4.79 Å². The third kappa shape index (κ3) is 6.32. The third-order valence-corrected chi connectivity index (χ3v) is 4.49. The number of ether oxygens (including phenoxy) is 1. The van der Waals surface area contributed by atoms with E-state index < -0.39 is 0 Å². The molecule has 0 radical (unpaired) electrons. The monoisotopic (exact) mass is 319 g/mol. The molecule has 0 aromatic heterocycles. The minimum absolute atomic E-state index is 0.0266. The van der Waals surface area contributed by atoms with Gasteiger partial charge in [-0.25, -0.2) is 0 Å². The van der Waals surface area contributed by atoms with Gasteiger partial charge in [-0.05, 0) is 37.3 Å². The zero-order valence-electron chi connectivity index (χ0n) is 14.1. The second-order valence-corrected chi connectivity index (χ2v) is 6.41. The molecule has 1 aromatic rings. The van der Waals surface area contributed by atoms with Crippen LogP contribution in [0.3, 0.4) is 0 Å². The first-order chi connectivity index (χ1) is 11.2. The van der Waals surface area contributed by atoms with Crippen LogP contribution in [0, 0.1) is 0 Å². The highest BCUT2D eigenvalue weighted by Crippen LogP contribution is 2.20. The Labute approximate surface area is 139 Å². The topological polar surface area (TPSA) is 58.6 Å². The van der Waals surface area contributed by atoms with Crippen molar-refractivity contribution in [3.63, 3.8) is 0 Å². The van der Waals surface area contributed by atoms with E-state index in [0.717, 1.165) is 30.4 Å². The number of carbonyl (C=O) groups excluding carboxylic acids is 1. The molecule has 0 saturated heterocycles. The van der Waals surface area contributed by atoms with Gasteiger partial charge in [0.25, 0.3) is 0 Å². The first-order valence-corrected chi connectivity index (χ1v) is 8.81. The molecule has 1 atom stereocenters. The number of carbonyl (C=O) groups is 1. The number of aliphatic hydroxyl groups is 1. The third-order valence-electron chi connectivity index (χ3n) is 4.49. The predicted octanol–water partition coefficient (Wildman–Crippen LogP) is 2.97. The van der Waals surface area contributed by atoms with Crippen LogP contribution in [-0.4, -0.2) is 29.8 Å². The number of nitrogens with one attached hydrogen (secondary N) is 1. The Balaban J connectivity index is 1.68. The molecule has 4 nitrogen and oxygen atoms in total. The smallest absolute Gasteiger partial charge is 0.248 e. The lowest BCUT2D eigenvalue weighted by atomic mass is 10.1. The summed E-state index contributed by atoms with van der Waals surface area (Å²) >= 11 is 0. The number of hydrogen-bond acceptors (Lipinski definition) is 3. The average molecular weight is 319 g/mol. The van der Waals surface area contributed by atoms with E-state index >= 15 is 0 Å². The Morgan fingerprint density at radius 3 is 2.39 bits per heavy atom. The molecule has 1 amide bonds. The van der Waals surface area contributed by atoms with E-state index in [9.17, 15) is 4.79 Å². The molecule has 0 spiro atoms. The summed E-state index contributed by atoms with van der Waals surface area (Å²) in [4.78, 5) is 12.1. The van der Waals surface area contributed by atoms with Crippen LogP contribution in [0.4, 0.5) is 0 Å². The standard InChI is InChI=1S/C19H29NO3/c1-15(23-18-6-4-2-3-5-7-18)19(22)20-13-12-16-8-10-17(14-21)11-9-16/h8-11,15,18,21H,2-7,12-14H2,1H3,(H,20,22). The number of aliphatic hydroxyl groups excluding tert-OH is 1. The normalized spacial score (nSPS) is 17.5.